The second-order valence-electron chi connectivity index (χ2n) is 5.50. The summed E-state index contributed by atoms with van der Waals surface area (Å²) in [6, 6.07) is 18.6. The number of aromatic nitrogens is 1. The summed E-state index contributed by atoms with van der Waals surface area (Å²) >= 11 is 5.45. The Morgan fingerprint density at radius 1 is 0.958 bits per heavy atom. The van der Waals surface area contributed by atoms with Crippen molar-refractivity contribution in [2.24, 2.45) is 4.99 Å². The molecule has 122 valence electrons. The van der Waals surface area contributed by atoms with E-state index in [0.717, 1.165) is 21.4 Å². The van der Waals surface area contributed by atoms with Crippen LogP contribution in [0.5, 0.6) is 0 Å². The van der Waals surface area contributed by atoms with Crippen LogP contribution in [0.25, 0.3) is 5.69 Å². The van der Waals surface area contributed by atoms with Crippen molar-refractivity contribution in [3.63, 3.8) is 0 Å². The van der Waals surface area contributed by atoms with Crippen LogP contribution < -0.4 is 0 Å². The molecule has 0 spiro atoms. The molecule has 0 aliphatic heterocycles. The zero-order valence-electron chi connectivity index (χ0n) is 14.0. The summed E-state index contributed by atoms with van der Waals surface area (Å²) in [6.07, 6.45) is 4.03. The van der Waals surface area contributed by atoms with Crippen molar-refractivity contribution >= 4 is 39.6 Å². The Hall–Kier alpha value is -1.78. The van der Waals surface area contributed by atoms with Gasteiger partial charge in [0.15, 0.2) is 0 Å². The van der Waals surface area contributed by atoms with Gasteiger partial charge in [0.25, 0.3) is 0 Å². The van der Waals surface area contributed by atoms with E-state index in [9.17, 15) is 0 Å². The molecule has 0 unspecified atom stereocenters. The highest BCUT2D eigenvalue weighted by molar-refractivity contribution is 9.10. The molecule has 0 fully saturated rings. The third-order valence-electron chi connectivity index (χ3n) is 4.05. The summed E-state index contributed by atoms with van der Waals surface area (Å²) in [5.74, 6) is 0. The van der Waals surface area contributed by atoms with Crippen molar-refractivity contribution < 1.29 is 0 Å². The number of halogens is 1. The predicted molar refractivity (Wildman–Crippen MR) is 108 cm³/mol. The van der Waals surface area contributed by atoms with Gasteiger partial charge in [-0.2, -0.15) is 0 Å². The van der Waals surface area contributed by atoms with Gasteiger partial charge in [0.1, 0.15) is 0 Å². The number of para-hydroxylation sites is 2. The molecule has 0 N–H and O–H groups in total. The van der Waals surface area contributed by atoms with E-state index in [2.05, 4.69) is 70.9 Å². The number of hydrogen-bond acceptors (Lipinski definition) is 2. The van der Waals surface area contributed by atoms with Gasteiger partial charge < -0.3 is 4.57 Å². The van der Waals surface area contributed by atoms with Gasteiger partial charge in [-0.3, -0.25) is 4.99 Å². The third kappa shape index (κ3) is 3.21. The van der Waals surface area contributed by atoms with Gasteiger partial charge in [0.05, 0.1) is 5.69 Å². The Morgan fingerprint density at radius 3 is 2.33 bits per heavy atom. The van der Waals surface area contributed by atoms with Gasteiger partial charge in [-0.1, -0.05) is 30.3 Å². The minimum absolute atomic E-state index is 1.00. The molecule has 0 aliphatic rings. The molecule has 24 heavy (non-hydrogen) atoms. The first-order valence-corrected chi connectivity index (χ1v) is 9.75. The number of thioether (sulfide) groups is 1. The molecule has 0 bridgehead atoms. The van der Waals surface area contributed by atoms with Crippen LogP contribution in [0, 0.1) is 13.8 Å². The molecule has 0 aliphatic carbocycles. The van der Waals surface area contributed by atoms with E-state index in [4.69, 9.17) is 4.99 Å². The molecule has 0 atom stereocenters. The number of aliphatic imine (C=N–C) groups is 1. The number of hydrogen-bond donors (Lipinski definition) is 0. The first-order chi connectivity index (χ1) is 11.6. The summed E-state index contributed by atoms with van der Waals surface area (Å²) in [5.41, 5.74) is 5.64. The first kappa shape index (κ1) is 17.1. The van der Waals surface area contributed by atoms with Crippen LogP contribution in [0.3, 0.4) is 0 Å². The highest BCUT2D eigenvalue weighted by Gasteiger charge is 2.15. The van der Waals surface area contributed by atoms with Crippen molar-refractivity contribution in [3.05, 3.63) is 76.0 Å². The SMILES string of the molecule is CSc1ccccc1N=Cc1c(Br)c(C)n(-c2ccccc2)c1C. The lowest BCUT2D eigenvalue weighted by Gasteiger charge is -2.09. The van der Waals surface area contributed by atoms with Gasteiger partial charge in [0, 0.05) is 38.2 Å². The molecule has 0 radical (unpaired) electrons. The van der Waals surface area contributed by atoms with Crippen LogP contribution in [-0.2, 0) is 0 Å². The van der Waals surface area contributed by atoms with Crippen molar-refractivity contribution in [1.82, 2.24) is 4.57 Å². The normalized spacial score (nSPS) is 11.3. The maximum atomic E-state index is 4.73. The maximum Gasteiger partial charge on any atom is 0.0765 e. The second-order valence-corrected chi connectivity index (χ2v) is 7.14. The summed E-state index contributed by atoms with van der Waals surface area (Å²) in [5, 5.41) is 0. The zero-order valence-corrected chi connectivity index (χ0v) is 16.4. The highest BCUT2D eigenvalue weighted by atomic mass is 79.9. The largest absolute Gasteiger partial charge is 0.317 e. The van der Waals surface area contributed by atoms with Gasteiger partial charge in [-0.25, -0.2) is 0 Å². The Morgan fingerprint density at radius 2 is 1.62 bits per heavy atom. The highest BCUT2D eigenvalue weighted by Crippen LogP contribution is 2.31. The molecular formula is C20H19BrN2S. The molecule has 2 aromatic carbocycles. The predicted octanol–water partition coefficient (Wildman–Crippen LogP) is 6.33. The van der Waals surface area contributed by atoms with Crippen molar-refractivity contribution in [1.29, 1.82) is 0 Å². The van der Waals surface area contributed by atoms with Crippen LogP contribution in [0.1, 0.15) is 17.0 Å². The van der Waals surface area contributed by atoms with Crippen LogP contribution in [0.4, 0.5) is 5.69 Å². The van der Waals surface area contributed by atoms with Crippen molar-refractivity contribution in [2.75, 3.05) is 6.26 Å². The number of rotatable bonds is 4. The molecule has 0 amide bonds. The molecule has 1 aromatic heterocycles. The molecule has 1 heterocycles. The smallest absolute Gasteiger partial charge is 0.0765 e. The van der Waals surface area contributed by atoms with E-state index in [1.807, 2.05) is 30.5 Å². The van der Waals surface area contributed by atoms with Gasteiger partial charge in [-0.05, 0) is 60.3 Å². The lowest BCUT2D eigenvalue weighted by Crippen LogP contribution is -1.99. The fraction of sp³-hybridized carbons (Fsp3) is 0.150. The lowest BCUT2D eigenvalue weighted by molar-refractivity contribution is 0.962. The summed E-state index contributed by atoms with van der Waals surface area (Å²) in [7, 11) is 0. The number of nitrogens with zero attached hydrogens (tertiary/aromatic N) is 2. The van der Waals surface area contributed by atoms with E-state index in [1.165, 1.54) is 16.3 Å². The van der Waals surface area contributed by atoms with Crippen LogP contribution in [0.15, 0.2) is 69.0 Å². The average molecular weight is 399 g/mol. The van der Waals surface area contributed by atoms with Gasteiger partial charge >= 0.3 is 0 Å². The quantitative estimate of drug-likeness (QED) is 0.370. The molecule has 4 heteroatoms. The molecule has 2 nitrogen and oxygen atoms in total. The van der Waals surface area contributed by atoms with Gasteiger partial charge in [-0.15, -0.1) is 11.8 Å². The zero-order chi connectivity index (χ0) is 17.1. The molecule has 0 saturated heterocycles. The second kappa shape index (κ2) is 7.41. The van der Waals surface area contributed by atoms with Gasteiger partial charge in [0.2, 0.25) is 0 Å². The molecule has 3 aromatic rings. The first-order valence-electron chi connectivity index (χ1n) is 7.73. The van der Waals surface area contributed by atoms with E-state index in [1.54, 1.807) is 11.8 Å². The Balaban J connectivity index is 2.05. The average Bonchev–Trinajstić information content (AvgIpc) is 2.83. The standard InChI is InChI=1S/C20H19BrN2S/c1-14-17(13-22-18-11-7-8-12-19(18)24-3)20(21)15(2)23(14)16-9-5-4-6-10-16/h4-13H,1-3H3. The van der Waals surface area contributed by atoms with E-state index in [-0.39, 0.29) is 0 Å². The summed E-state index contributed by atoms with van der Waals surface area (Å²) < 4.78 is 3.35. The van der Waals surface area contributed by atoms with Crippen LogP contribution >= 0.6 is 27.7 Å². The van der Waals surface area contributed by atoms with Crippen molar-refractivity contribution in [3.8, 4) is 5.69 Å². The fourth-order valence-electron chi connectivity index (χ4n) is 2.81. The lowest BCUT2D eigenvalue weighted by atomic mass is 10.2. The minimum atomic E-state index is 1.00. The molecule has 0 saturated carbocycles. The van der Waals surface area contributed by atoms with Crippen LogP contribution in [-0.4, -0.2) is 17.0 Å². The minimum Gasteiger partial charge on any atom is -0.317 e. The fourth-order valence-corrected chi connectivity index (χ4v) is 3.92. The maximum absolute atomic E-state index is 4.73. The van der Waals surface area contributed by atoms with Crippen molar-refractivity contribution in [2.45, 2.75) is 18.7 Å². The number of benzene rings is 2. The molecular weight excluding hydrogens is 380 g/mol. The Kier molecular flexibility index (Phi) is 5.27. The summed E-state index contributed by atoms with van der Waals surface area (Å²) in [6.45, 7) is 4.25. The van der Waals surface area contributed by atoms with E-state index in [0.29, 0.717) is 0 Å². The molecule has 3 rings (SSSR count). The third-order valence-corrected chi connectivity index (χ3v) is 5.83. The van der Waals surface area contributed by atoms with E-state index < -0.39 is 0 Å². The monoisotopic (exact) mass is 398 g/mol. The Bertz CT molecular complexity index is 882. The summed E-state index contributed by atoms with van der Waals surface area (Å²) in [4.78, 5) is 5.91. The topological polar surface area (TPSA) is 17.3 Å². The Labute approximate surface area is 155 Å². The van der Waals surface area contributed by atoms with Crippen LogP contribution in [0.2, 0.25) is 0 Å². The van der Waals surface area contributed by atoms with E-state index >= 15 is 0 Å².